The molecule has 0 heterocycles. The van der Waals surface area contributed by atoms with E-state index in [1.807, 2.05) is 6.92 Å². The summed E-state index contributed by atoms with van der Waals surface area (Å²) in [4.78, 5) is 10.9. The summed E-state index contributed by atoms with van der Waals surface area (Å²) in [7, 11) is 0. The van der Waals surface area contributed by atoms with Crippen molar-refractivity contribution in [3.63, 3.8) is 0 Å². The summed E-state index contributed by atoms with van der Waals surface area (Å²) in [6, 6.07) is 0. The van der Waals surface area contributed by atoms with E-state index in [0.717, 1.165) is 6.42 Å². The molecular weight excluding hydrogens is 144 g/mol. The number of hydrogen-bond donors (Lipinski definition) is 2. The lowest BCUT2D eigenvalue weighted by molar-refractivity contribution is -0.120. The third-order valence-corrected chi connectivity index (χ3v) is 2.07. The van der Waals surface area contributed by atoms with Crippen LogP contribution < -0.4 is 0 Å². The molecule has 11 heavy (non-hydrogen) atoms. The van der Waals surface area contributed by atoms with E-state index < -0.39 is 5.76 Å². The SMILES string of the molecule is CCC1CC(=O)C(O)=C(O)C1. The van der Waals surface area contributed by atoms with Gasteiger partial charge >= 0.3 is 0 Å². The molecule has 0 aliphatic heterocycles. The van der Waals surface area contributed by atoms with Gasteiger partial charge in [-0.1, -0.05) is 13.3 Å². The van der Waals surface area contributed by atoms with E-state index in [1.54, 1.807) is 0 Å². The number of ketones is 1. The Morgan fingerprint density at radius 3 is 2.55 bits per heavy atom. The number of rotatable bonds is 1. The predicted octanol–water partition coefficient (Wildman–Crippen LogP) is 1.70. The van der Waals surface area contributed by atoms with Crippen LogP contribution in [0.2, 0.25) is 0 Å². The van der Waals surface area contributed by atoms with E-state index in [4.69, 9.17) is 10.2 Å². The fraction of sp³-hybridized carbons (Fsp3) is 0.625. The Kier molecular flexibility index (Phi) is 2.17. The topological polar surface area (TPSA) is 57.5 Å². The molecule has 1 aliphatic carbocycles. The Morgan fingerprint density at radius 2 is 2.09 bits per heavy atom. The van der Waals surface area contributed by atoms with E-state index in [-0.39, 0.29) is 17.5 Å². The van der Waals surface area contributed by atoms with Crippen molar-refractivity contribution >= 4 is 5.78 Å². The van der Waals surface area contributed by atoms with Crippen molar-refractivity contribution in [1.82, 2.24) is 0 Å². The van der Waals surface area contributed by atoms with Crippen LogP contribution in [-0.2, 0) is 4.79 Å². The fourth-order valence-corrected chi connectivity index (χ4v) is 1.25. The highest BCUT2D eigenvalue weighted by Gasteiger charge is 2.25. The van der Waals surface area contributed by atoms with Crippen molar-refractivity contribution in [2.24, 2.45) is 5.92 Å². The van der Waals surface area contributed by atoms with Gasteiger partial charge in [0.2, 0.25) is 5.78 Å². The molecule has 3 heteroatoms. The molecule has 0 bridgehead atoms. The number of Topliss-reactive ketones (excluding diaryl/α,β-unsaturated/α-hetero) is 1. The van der Waals surface area contributed by atoms with Crippen LogP contribution in [0.25, 0.3) is 0 Å². The average Bonchev–Trinajstić information content (AvgIpc) is 1.99. The second kappa shape index (κ2) is 2.95. The molecule has 3 nitrogen and oxygen atoms in total. The van der Waals surface area contributed by atoms with Gasteiger partial charge in [0.15, 0.2) is 5.76 Å². The number of aliphatic hydroxyl groups excluding tert-OH is 2. The zero-order valence-corrected chi connectivity index (χ0v) is 6.50. The summed E-state index contributed by atoms with van der Waals surface area (Å²) in [6.45, 7) is 1.97. The highest BCUT2D eigenvalue weighted by Crippen LogP contribution is 2.25. The van der Waals surface area contributed by atoms with Crippen LogP contribution in [0.1, 0.15) is 26.2 Å². The molecule has 0 radical (unpaired) electrons. The minimum Gasteiger partial charge on any atom is -0.508 e. The van der Waals surface area contributed by atoms with Crippen LogP contribution >= 0.6 is 0 Å². The molecule has 2 N–H and O–H groups in total. The first-order chi connectivity index (χ1) is 5.15. The van der Waals surface area contributed by atoms with E-state index >= 15 is 0 Å². The van der Waals surface area contributed by atoms with Gasteiger partial charge in [-0.25, -0.2) is 0 Å². The molecular formula is C8H12O3. The zero-order valence-electron chi connectivity index (χ0n) is 6.50. The predicted molar refractivity (Wildman–Crippen MR) is 40.3 cm³/mol. The summed E-state index contributed by atoms with van der Waals surface area (Å²) in [5.74, 6) is -0.707. The summed E-state index contributed by atoms with van der Waals surface area (Å²) < 4.78 is 0. The molecule has 1 rings (SSSR count). The molecule has 0 saturated heterocycles. The fourth-order valence-electron chi connectivity index (χ4n) is 1.25. The van der Waals surface area contributed by atoms with Gasteiger partial charge < -0.3 is 10.2 Å². The van der Waals surface area contributed by atoms with Crippen molar-refractivity contribution in [1.29, 1.82) is 0 Å². The molecule has 0 amide bonds. The van der Waals surface area contributed by atoms with Crippen molar-refractivity contribution < 1.29 is 15.0 Å². The van der Waals surface area contributed by atoms with Crippen LogP contribution in [0.5, 0.6) is 0 Å². The number of carbonyl (C=O) groups is 1. The zero-order chi connectivity index (χ0) is 8.43. The van der Waals surface area contributed by atoms with Gasteiger partial charge in [-0.3, -0.25) is 4.79 Å². The molecule has 0 saturated carbocycles. The summed E-state index contributed by atoms with van der Waals surface area (Å²) in [5, 5.41) is 18.0. The van der Waals surface area contributed by atoms with Gasteiger partial charge in [0.1, 0.15) is 5.76 Å². The number of hydrogen-bond acceptors (Lipinski definition) is 3. The monoisotopic (exact) mass is 156 g/mol. The first kappa shape index (κ1) is 8.11. The maximum atomic E-state index is 10.9. The van der Waals surface area contributed by atoms with Gasteiger partial charge in [0.25, 0.3) is 0 Å². The Labute approximate surface area is 65.3 Å². The van der Waals surface area contributed by atoms with E-state index in [0.29, 0.717) is 12.8 Å². The normalized spacial score (nSPS) is 25.9. The van der Waals surface area contributed by atoms with Crippen LogP contribution in [0.3, 0.4) is 0 Å². The number of allylic oxidation sites excluding steroid dienone is 2. The first-order valence-corrected chi connectivity index (χ1v) is 3.79. The Morgan fingerprint density at radius 1 is 1.45 bits per heavy atom. The van der Waals surface area contributed by atoms with E-state index in [1.165, 1.54) is 0 Å². The smallest absolute Gasteiger partial charge is 0.200 e. The van der Waals surface area contributed by atoms with Gasteiger partial charge in [0, 0.05) is 12.8 Å². The highest BCUT2D eigenvalue weighted by atomic mass is 16.3. The van der Waals surface area contributed by atoms with Crippen molar-refractivity contribution in [2.45, 2.75) is 26.2 Å². The summed E-state index contributed by atoms with van der Waals surface area (Å²) in [6.07, 6.45) is 1.67. The molecule has 0 aromatic heterocycles. The van der Waals surface area contributed by atoms with Crippen molar-refractivity contribution in [3.8, 4) is 0 Å². The van der Waals surface area contributed by atoms with E-state index in [9.17, 15) is 4.79 Å². The standard InChI is InChI=1S/C8H12O3/c1-2-5-3-6(9)8(11)7(10)4-5/h5,9,11H,2-4H2,1H3. The molecule has 0 spiro atoms. The number of aliphatic hydroxyl groups is 2. The largest absolute Gasteiger partial charge is 0.508 e. The number of carbonyl (C=O) groups excluding carboxylic acids is 1. The van der Waals surface area contributed by atoms with Gasteiger partial charge in [-0.05, 0) is 5.92 Å². The minimum absolute atomic E-state index is 0.145. The molecule has 1 aliphatic rings. The summed E-state index contributed by atoms with van der Waals surface area (Å²) in [5.41, 5.74) is 0. The van der Waals surface area contributed by atoms with Crippen LogP contribution in [0.15, 0.2) is 11.5 Å². The van der Waals surface area contributed by atoms with Crippen LogP contribution in [-0.4, -0.2) is 16.0 Å². The van der Waals surface area contributed by atoms with Crippen LogP contribution in [0.4, 0.5) is 0 Å². The molecule has 1 atom stereocenters. The summed E-state index contributed by atoms with van der Waals surface area (Å²) >= 11 is 0. The Bertz CT molecular complexity index is 205. The third kappa shape index (κ3) is 1.53. The van der Waals surface area contributed by atoms with Gasteiger partial charge in [0.05, 0.1) is 0 Å². The molecule has 62 valence electrons. The molecule has 0 fully saturated rings. The minimum atomic E-state index is -0.435. The quantitative estimate of drug-likeness (QED) is 0.607. The Hall–Kier alpha value is -0.990. The first-order valence-electron chi connectivity index (χ1n) is 3.79. The maximum Gasteiger partial charge on any atom is 0.200 e. The Balaban J connectivity index is 2.76. The lowest BCUT2D eigenvalue weighted by Crippen LogP contribution is -2.18. The second-order valence-electron chi connectivity index (χ2n) is 2.90. The molecule has 1 unspecified atom stereocenters. The molecule has 0 aromatic rings. The third-order valence-electron chi connectivity index (χ3n) is 2.07. The maximum absolute atomic E-state index is 10.9. The second-order valence-corrected chi connectivity index (χ2v) is 2.90. The highest BCUT2D eigenvalue weighted by molar-refractivity contribution is 5.94. The van der Waals surface area contributed by atoms with Gasteiger partial charge in [-0.15, -0.1) is 0 Å². The van der Waals surface area contributed by atoms with Gasteiger partial charge in [-0.2, -0.15) is 0 Å². The van der Waals surface area contributed by atoms with Crippen LogP contribution in [0, 0.1) is 5.92 Å². The average molecular weight is 156 g/mol. The van der Waals surface area contributed by atoms with Crippen molar-refractivity contribution in [3.05, 3.63) is 11.5 Å². The molecule has 0 aromatic carbocycles. The lowest BCUT2D eigenvalue weighted by atomic mass is 9.89. The van der Waals surface area contributed by atoms with E-state index in [2.05, 4.69) is 0 Å². The van der Waals surface area contributed by atoms with Crippen molar-refractivity contribution in [2.75, 3.05) is 0 Å². The lowest BCUT2D eigenvalue weighted by Gasteiger charge is -2.18.